The van der Waals surface area contributed by atoms with E-state index in [0.717, 1.165) is 63.8 Å². The molecule has 0 radical (unpaired) electrons. The van der Waals surface area contributed by atoms with Gasteiger partial charge in [0, 0.05) is 57.0 Å². The molecule has 31 heavy (non-hydrogen) atoms. The largest absolute Gasteiger partial charge is 0.493 e. The minimum absolute atomic E-state index is 0.193. The molecule has 2 aliphatic heterocycles. The highest BCUT2D eigenvalue weighted by atomic mass is 35.5. The molecule has 1 aromatic carbocycles. The Morgan fingerprint density at radius 1 is 1.06 bits per heavy atom. The third kappa shape index (κ3) is 6.34. The fourth-order valence-corrected chi connectivity index (χ4v) is 4.58. The van der Waals surface area contributed by atoms with Gasteiger partial charge in [0.15, 0.2) is 0 Å². The molecule has 1 atom stereocenters. The van der Waals surface area contributed by atoms with Crippen LogP contribution in [0.5, 0.6) is 5.75 Å². The van der Waals surface area contributed by atoms with Gasteiger partial charge in [0.1, 0.15) is 11.6 Å². The number of benzene rings is 1. The van der Waals surface area contributed by atoms with E-state index in [9.17, 15) is 4.79 Å². The molecule has 6 nitrogen and oxygen atoms in total. The van der Waals surface area contributed by atoms with Gasteiger partial charge >= 0.3 is 0 Å². The average Bonchev–Trinajstić information content (AvgIpc) is 2.81. The van der Waals surface area contributed by atoms with Crippen LogP contribution in [-0.4, -0.2) is 73.1 Å². The minimum Gasteiger partial charge on any atom is -0.493 e. The highest BCUT2D eigenvalue weighted by Gasteiger charge is 2.26. The first-order valence-electron chi connectivity index (χ1n) is 11.2. The number of piperazine rings is 1. The Labute approximate surface area is 189 Å². The molecule has 0 N–H and O–H groups in total. The molecule has 0 saturated carbocycles. The van der Waals surface area contributed by atoms with E-state index in [0.29, 0.717) is 24.0 Å². The number of hydrogen-bond donors (Lipinski definition) is 0. The molecule has 1 aromatic heterocycles. The van der Waals surface area contributed by atoms with Crippen molar-refractivity contribution in [3.63, 3.8) is 0 Å². The van der Waals surface area contributed by atoms with Crippen molar-refractivity contribution < 1.29 is 9.53 Å². The van der Waals surface area contributed by atoms with Crippen molar-refractivity contribution in [2.24, 2.45) is 5.92 Å². The number of ether oxygens (including phenoxy) is 1. The van der Waals surface area contributed by atoms with Crippen LogP contribution in [0.3, 0.4) is 0 Å². The molecule has 0 bridgehead atoms. The topological polar surface area (TPSA) is 48.9 Å². The molecule has 3 heterocycles. The minimum atomic E-state index is 0.193. The molecule has 2 fully saturated rings. The number of nitrogens with zero attached hydrogens (tertiary/aromatic N) is 4. The third-order valence-electron chi connectivity index (χ3n) is 6.13. The first-order chi connectivity index (χ1) is 15.2. The van der Waals surface area contributed by atoms with Crippen LogP contribution in [0.2, 0.25) is 5.02 Å². The summed E-state index contributed by atoms with van der Waals surface area (Å²) in [6.07, 6.45) is 4.56. The molecule has 2 aliphatic rings. The number of rotatable bonds is 7. The molecule has 1 unspecified atom stereocenters. The Kier molecular flexibility index (Phi) is 7.65. The number of aromatic nitrogens is 1. The van der Waals surface area contributed by atoms with Crippen LogP contribution in [0, 0.1) is 5.92 Å². The fraction of sp³-hybridized carbons (Fsp3) is 0.500. The van der Waals surface area contributed by atoms with Crippen molar-refractivity contribution in [1.82, 2.24) is 14.8 Å². The normalized spacial score (nSPS) is 20.0. The molecule has 0 spiro atoms. The zero-order valence-corrected chi connectivity index (χ0v) is 18.7. The molecule has 7 heteroatoms. The van der Waals surface area contributed by atoms with Crippen molar-refractivity contribution in [3.8, 4) is 5.75 Å². The third-order valence-corrected chi connectivity index (χ3v) is 6.38. The highest BCUT2D eigenvalue weighted by molar-refractivity contribution is 6.30. The van der Waals surface area contributed by atoms with Gasteiger partial charge in [0.2, 0.25) is 5.91 Å². The van der Waals surface area contributed by atoms with Gasteiger partial charge in [0.25, 0.3) is 0 Å². The van der Waals surface area contributed by atoms with E-state index in [1.54, 1.807) is 12.1 Å². The lowest BCUT2D eigenvalue weighted by molar-refractivity contribution is -0.133. The molecular formula is C24H31ClN4O2. The Hall–Kier alpha value is -2.31. The van der Waals surface area contributed by atoms with Crippen molar-refractivity contribution in [2.75, 3.05) is 57.3 Å². The Bertz CT molecular complexity index is 825. The molecule has 1 amide bonds. The van der Waals surface area contributed by atoms with Crippen molar-refractivity contribution in [3.05, 3.63) is 53.7 Å². The van der Waals surface area contributed by atoms with Crippen molar-refractivity contribution >= 4 is 23.3 Å². The van der Waals surface area contributed by atoms with E-state index in [4.69, 9.17) is 16.3 Å². The van der Waals surface area contributed by atoms with Crippen molar-refractivity contribution in [1.29, 1.82) is 0 Å². The van der Waals surface area contributed by atoms with Crippen LogP contribution in [0.25, 0.3) is 0 Å². The summed E-state index contributed by atoms with van der Waals surface area (Å²) in [7, 11) is 0. The lowest BCUT2D eigenvalue weighted by Gasteiger charge is -2.39. The zero-order valence-electron chi connectivity index (χ0n) is 18.0. The number of amides is 1. The Morgan fingerprint density at radius 2 is 1.87 bits per heavy atom. The fourth-order valence-electron chi connectivity index (χ4n) is 4.45. The lowest BCUT2D eigenvalue weighted by atomic mass is 9.97. The number of anilines is 1. The van der Waals surface area contributed by atoms with Gasteiger partial charge in [-0.05, 0) is 55.2 Å². The average molecular weight is 443 g/mol. The van der Waals surface area contributed by atoms with Gasteiger partial charge in [-0.25, -0.2) is 4.98 Å². The lowest BCUT2D eigenvalue weighted by Crippen LogP contribution is -2.50. The van der Waals surface area contributed by atoms with Gasteiger partial charge in [0.05, 0.1) is 13.0 Å². The summed E-state index contributed by atoms with van der Waals surface area (Å²) in [5, 5.41) is 0.681. The summed E-state index contributed by atoms with van der Waals surface area (Å²) in [4.78, 5) is 24.1. The molecular weight excluding hydrogens is 412 g/mol. The molecule has 166 valence electrons. The Morgan fingerprint density at radius 3 is 2.61 bits per heavy atom. The van der Waals surface area contributed by atoms with Gasteiger partial charge in [-0.3, -0.25) is 9.69 Å². The number of piperidine rings is 1. The predicted molar refractivity (Wildman–Crippen MR) is 124 cm³/mol. The first kappa shape index (κ1) is 21.9. The predicted octanol–water partition coefficient (Wildman–Crippen LogP) is 3.56. The van der Waals surface area contributed by atoms with Crippen LogP contribution in [-0.2, 0) is 4.79 Å². The summed E-state index contributed by atoms with van der Waals surface area (Å²) in [5.74, 6) is 2.56. The molecule has 2 saturated heterocycles. The van der Waals surface area contributed by atoms with Crippen LogP contribution in [0.4, 0.5) is 5.82 Å². The first-order valence-corrected chi connectivity index (χ1v) is 11.6. The smallest absolute Gasteiger partial charge is 0.226 e. The zero-order chi connectivity index (χ0) is 21.5. The van der Waals surface area contributed by atoms with E-state index in [1.165, 1.54) is 6.42 Å². The summed E-state index contributed by atoms with van der Waals surface area (Å²) in [6, 6.07) is 13.3. The van der Waals surface area contributed by atoms with Gasteiger partial charge in [-0.1, -0.05) is 17.7 Å². The standard InChI is InChI=1S/C24H31ClN4O2/c25-21-6-8-22(9-7-21)31-17-10-24(30)29-12-3-4-20(19-29)18-27-13-15-28(16-14-27)23-5-1-2-11-26-23/h1-2,5-9,11,20H,3-4,10,12-19H2. The second kappa shape index (κ2) is 10.8. The SMILES string of the molecule is O=C(CCOc1ccc(Cl)cc1)N1CCCC(CN2CCN(c3ccccn3)CC2)C1. The maximum absolute atomic E-state index is 12.7. The summed E-state index contributed by atoms with van der Waals surface area (Å²) < 4.78 is 5.69. The maximum atomic E-state index is 12.7. The Balaban J connectivity index is 1.18. The van der Waals surface area contributed by atoms with Crippen LogP contribution >= 0.6 is 11.6 Å². The van der Waals surface area contributed by atoms with Gasteiger partial charge < -0.3 is 14.5 Å². The van der Waals surface area contributed by atoms with Crippen LogP contribution in [0.15, 0.2) is 48.7 Å². The number of carbonyl (C=O) groups excluding carboxylic acids is 1. The second-order valence-corrected chi connectivity index (χ2v) is 8.81. The quantitative estimate of drug-likeness (QED) is 0.656. The number of halogens is 1. The monoisotopic (exact) mass is 442 g/mol. The van der Waals surface area contributed by atoms with E-state index in [2.05, 4.69) is 20.9 Å². The highest BCUT2D eigenvalue weighted by Crippen LogP contribution is 2.21. The van der Waals surface area contributed by atoms with Crippen molar-refractivity contribution in [2.45, 2.75) is 19.3 Å². The van der Waals surface area contributed by atoms with Crippen LogP contribution in [0.1, 0.15) is 19.3 Å². The number of hydrogen-bond acceptors (Lipinski definition) is 5. The van der Waals surface area contributed by atoms with E-state index >= 15 is 0 Å². The summed E-state index contributed by atoms with van der Waals surface area (Å²) in [6.45, 7) is 7.32. The van der Waals surface area contributed by atoms with E-state index in [1.807, 2.05) is 35.4 Å². The van der Waals surface area contributed by atoms with E-state index < -0.39 is 0 Å². The number of likely N-dealkylation sites (tertiary alicyclic amines) is 1. The summed E-state index contributed by atoms with van der Waals surface area (Å²) in [5.41, 5.74) is 0. The van der Waals surface area contributed by atoms with Crippen LogP contribution < -0.4 is 9.64 Å². The second-order valence-electron chi connectivity index (χ2n) is 8.38. The summed E-state index contributed by atoms with van der Waals surface area (Å²) >= 11 is 5.89. The molecule has 2 aromatic rings. The van der Waals surface area contributed by atoms with Gasteiger partial charge in [-0.15, -0.1) is 0 Å². The molecule has 4 rings (SSSR count). The maximum Gasteiger partial charge on any atom is 0.226 e. The molecule has 0 aliphatic carbocycles. The van der Waals surface area contributed by atoms with E-state index in [-0.39, 0.29) is 5.91 Å². The van der Waals surface area contributed by atoms with Gasteiger partial charge in [-0.2, -0.15) is 0 Å². The number of carbonyl (C=O) groups is 1. The number of pyridine rings is 1.